The van der Waals surface area contributed by atoms with Crippen LogP contribution in [0.1, 0.15) is 37.6 Å². The second kappa shape index (κ2) is 6.99. The molecule has 2 aromatic rings. The maximum absolute atomic E-state index is 9.92. The van der Waals surface area contributed by atoms with Gasteiger partial charge in [0.2, 0.25) is 0 Å². The van der Waals surface area contributed by atoms with Crippen molar-refractivity contribution in [2.75, 3.05) is 0 Å². The van der Waals surface area contributed by atoms with E-state index in [9.17, 15) is 5.11 Å². The van der Waals surface area contributed by atoms with E-state index in [1.165, 1.54) is 5.56 Å². The molecule has 5 heteroatoms. The van der Waals surface area contributed by atoms with Crippen molar-refractivity contribution in [3.63, 3.8) is 0 Å². The van der Waals surface area contributed by atoms with Crippen LogP contribution in [0.4, 0.5) is 0 Å². The number of hydrogen-bond acceptors (Lipinski definition) is 3. The van der Waals surface area contributed by atoms with Crippen molar-refractivity contribution >= 4 is 15.9 Å². The molecule has 1 N–H and O–H groups in total. The van der Waals surface area contributed by atoms with Crippen molar-refractivity contribution in [2.45, 2.75) is 39.3 Å². The fourth-order valence-corrected chi connectivity index (χ4v) is 2.26. The molecule has 20 heavy (non-hydrogen) atoms. The number of rotatable bonds is 6. The van der Waals surface area contributed by atoms with Crippen LogP contribution in [-0.4, -0.2) is 20.1 Å². The molecular weight excluding hydrogens is 318 g/mol. The van der Waals surface area contributed by atoms with Gasteiger partial charge in [-0.2, -0.15) is 0 Å². The number of aromatic nitrogens is 3. The first-order valence-electron chi connectivity index (χ1n) is 6.89. The maximum atomic E-state index is 9.92. The molecule has 0 spiro atoms. The molecule has 108 valence electrons. The van der Waals surface area contributed by atoms with Gasteiger partial charge in [0, 0.05) is 11.0 Å². The minimum Gasteiger partial charge on any atom is -0.386 e. The van der Waals surface area contributed by atoms with Gasteiger partial charge in [-0.1, -0.05) is 47.1 Å². The van der Waals surface area contributed by atoms with Crippen LogP contribution in [0.3, 0.4) is 0 Å². The summed E-state index contributed by atoms with van der Waals surface area (Å²) in [6, 6.07) is 8.36. The number of halogens is 1. The minimum absolute atomic E-state index is 0.155. The SMILES string of the molecule is CC(C)C(O)c1cn(CCCc2ccc(Br)cc2)nn1. The summed E-state index contributed by atoms with van der Waals surface area (Å²) in [6.45, 7) is 4.75. The Bertz CT molecular complexity index is 536. The maximum Gasteiger partial charge on any atom is 0.111 e. The second-order valence-corrected chi connectivity index (χ2v) is 6.24. The summed E-state index contributed by atoms with van der Waals surface area (Å²) in [4.78, 5) is 0. The normalized spacial score (nSPS) is 12.8. The summed E-state index contributed by atoms with van der Waals surface area (Å²) in [7, 11) is 0. The molecule has 1 unspecified atom stereocenters. The topological polar surface area (TPSA) is 50.9 Å². The minimum atomic E-state index is -0.532. The molecule has 0 saturated heterocycles. The molecule has 1 aromatic heterocycles. The fraction of sp³-hybridized carbons (Fsp3) is 0.467. The summed E-state index contributed by atoms with van der Waals surface area (Å²) >= 11 is 3.43. The Kier molecular flexibility index (Phi) is 5.31. The lowest BCUT2D eigenvalue weighted by molar-refractivity contribution is 0.122. The standard InChI is InChI=1S/C15H20BrN3O/c1-11(2)15(20)14-10-19(18-17-14)9-3-4-12-5-7-13(16)8-6-12/h5-8,10-11,15,20H,3-4,9H2,1-2H3. The van der Waals surface area contributed by atoms with Crippen LogP contribution in [0, 0.1) is 5.92 Å². The van der Waals surface area contributed by atoms with E-state index in [2.05, 4.69) is 50.5 Å². The average molecular weight is 338 g/mol. The Labute approximate surface area is 128 Å². The first kappa shape index (κ1) is 15.2. The van der Waals surface area contributed by atoms with Crippen molar-refractivity contribution < 1.29 is 5.11 Å². The summed E-state index contributed by atoms with van der Waals surface area (Å²) in [5.41, 5.74) is 1.97. The number of hydrogen-bond donors (Lipinski definition) is 1. The number of aryl methyl sites for hydroxylation is 2. The molecule has 0 aliphatic heterocycles. The lowest BCUT2D eigenvalue weighted by Gasteiger charge is -2.09. The zero-order valence-corrected chi connectivity index (χ0v) is 13.4. The van der Waals surface area contributed by atoms with Gasteiger partial charge in [0.05, 0.1) is 6.20 Å². The van der Waals surface area contributed by atoms with E-state index in [1.807, 2.05) is 20.0 Å². The molecule has 0 saturated carbocycles. The van der Waals surface area contributed by atoms with Crippen molar-refractivity contribution in [2.24, 2.45) is 5.92 Å². The molecule has 0 radical (unpaired) electrons. The summed E-state index contributed by atoms with van der Waals surface area (Å²) < 4.78 is 2.91. The Morgan fingerprint density at radius 2 is 1.95 bits per heavy atom. The van der Waals surface area contributed by atoms with Crippen LogP contribution < -0.4 is 0 Å². The van der Waals surface area contributed by atoms with E-state index in [1.54, 1.807) is 4.68 Å². The predicted molar refractivity (Wildman–Crippen MR) is 82.3 cm³/mol. The molecule has 1 heterocycles. The number of nitrogens with zero attached hydrogens (tertiary/aromatic N) is 3. The van der Waals surface area contributed by atoms with Gasteiger partial charge in [0.15, 0.2) is 0 Å². The Balaban J connectivity index is 1.84. The van der Waals surface area contributed by atoms with Gasteiger partial charge >= 0.3 is 0 Å². The molecule has 0 bridgehead atoms. The third-order valence-electron chi connectivity index (χ3n) is 3.26. The molecule has 0 aliphatic carbocycles. The Morgan fingerprint density at radius 1 is 1.25 bits per heavy atom. The van der Waals surface area contributed by atoms with Crippen molar-refractivity contribution in [3.05, 3.63) is 46.2 Å². The molecule has 0 amide bonds. The molecule has 2 rings (SSSR count). The van der Waals surface area contributed by atoms with E-state index in [0.29, 0.717) is 5.69 Å². The van der Waals surface area contributed by atoms with Gasteiger partial charge < -0.3 is 5.11 Å². The third-order valence-corrected chi connectivity index (χ3v) is 3.79. The van der Waals surface area contributed by atoms with E-state index >= 15 is 0 Å². The molecule has 1 atom stereocenters. The van der Waals surface area contributed by atoms with Gasteiger partial charge in [-0.15, -0.1) is 5.10 Å². The molecule has 1 aromatic carbocycles. The summed E-state index contributed by atoms with van der Waals surface area (Å²) in [5.74, 6) is 0.155. The van der Waals surface area contributed by atoms with Gasteiger partial charge in [0.25, 0.3) is 0 Å². The lowest BCUT2D eigenvalue weighted by atomic mass is 10.1. The highest BCUT2D eigenvalue weighted by atomic mass is 79.9. The van der Waals surface area contributed by atoms with Crippen LogP contribution in [0.15, 0.2) is 34.9 Å². The van der Waals surface area contributed by atoms with Gasteiger partial charge in [0.1, 0.15) is 11.8 Å². The molecule has 0 aliphatic rings. The van der Waals surface area contributed by atoms with Gasteiger partial charge in [-0.25, -0.2) is 0 Å². The molecule has 4 nitrogen and oxygen atoms in total. The van der Waals surface area contributed by atoms with Crippen molar-refractivity contribution in [1.29, 1.82) is 0 Å². The van der Waals surface area contributed by atoms with Crippen molar-refractivity contribution in [3.8, 4) is 0 Å². The van der Waals surface area contributed by atoms with Gasteiger partial charge in [-0.3, -0.25) is 4.68 Å². The van der Waals surface area contributed by atoms with E-state index in [0.717, 1.165) is 23.9 Å². The Hall–Kier alpha value is -1.20. The highest BCUT2D eigenvalue weighted by Crippen LogP contribution is 2.18. The Morgan fingerprint density at radius 3 is 2.60 bits per heavy atom. The highest BCUT2D eigenvalue weighted by Gasteiger charge is 2.15. The number of aliphatic hydroxyl groups excluding tert-OH is 1. The average Bonchev–Trinajstić information content (AvgIpc) is 2.89. The number of benzene rings is 1. The van der Waals surface area contributed by atoms with Crippen molar-refractivity contribution in [1.82, 2.24) is 15.0 Å². The van der Waals surface area contributed by atoms with E-state index in [4.69, 9.17) is 0 Å². The first-order valence-corrected chi connectivity index (χ1v) is 7.68. The monoisotopic (exact) mass is 337 g/mol. The third kappa shape index (κ3) is 4.15. The quantitative estimate of drug-likeness (QED) is 0.879. The summed E-state index contributed by atoms with van der Waals surface area (Å²) in [6.07, 6.45) is 3.32. The smallest absolute Gasteiger partial charge is 0.111 e. The fourth-order valence-electron chi connectivity index (χ4n) is 2.00. The first-order chi connectivity index (χ1) is 9.56. The summed E-state index contributed by atoms with van der Waals surface area (Å²) in [5, 5.41) is 18.0. The van der Waals surface area contributed by atoms with E-state index < -0.39 is 6.10 Å². The van der Waals surface area contributed by atoms with Gasteiger partial charge in [-0.05, 0) is 36.5 Å². The van der Waals surface area contributed by atoms with Crippen LogP contribution in [0.2, 0.25) is 0 Å². The second-order valence-electron chi connectivity index (χ2n) is 5.33. The van der Waals surface area contributed by atoms with Crippen LogP contribution in [0.5, 0.6) is 0 Å². The van der Waals surface area contributed by atoms with Crippen LogP contribution in [-0.2, 0) is 13.0 Å². The largest absolute Gasteiger partial charge is 0.386 e. The van der Waals surface area contributed by atoms with Crippen LogP contribution >= 0.6 is 15.9 Å². The number of aliphatic hydroxyl groups is 1. The highest BCUT2D eigenvalue weighted by molar-refractivity contribution is 9.10. The van der Waals surface area contributed by atoms with E-state index in [-0.39, 0.29) is 5.92 Å². The zero-order valence-electron chi connectivity index (χ0n) is 11.8. The molecular formula is C15H20BrN3O. The predicted octanol–water partition coefficient (Wildman–Crippen LogP) is 3.36. The zero-order chi connectivity index (χ0) is 14.5. The molecule has 0 fully saturated rings. The lowest BCUT2D eigenvalue weighted by Crippen LogP contribution is -2.05. The van der Waals surface area contributed by atoms with Crippen LogP contribution in [0.25, 0.3) is 0 Å².